The zero-order valence-electron chi connectivity index (χ0n) is 51.4. The van der Waals surface area contributed by atoms with E-state index in [1.54, 1.807) is 0 Å². The van der Waals surface area contributed by atoms with Gasteiger partial charge in [0.05, 0.1) is 32.8 Å². The first-order valence-electron chi connectivity index (χ1n) is 32.4. The van der Waals surface area contributed by atoms with Gasteiger partial charge in [-0.3, -0.25) is 0 Å². The van der Waals surface area contributed by atoms with Crippen LogP contribution in [0.3, 0.4) is 0 Å². The number of aromatic nitrogens is 4. The van der Waals surface area contributed by atoms with Gasteiger partial charge in [0.25, 0.3) is 6.71 Å². The molecule has 8 heteroatoms. The molecule has 17 aromatic rings. The first-order valence-corrected chi connectivity index (χ1v) is 33.2. The van der Waals surface area contributed by atoms with Crippen LogP contribution in [-0.2, 0) is 0 Å². The molecule has 0 bridgehead atoms. The van der Waals surface area contributed by atoms with Gasteiger partial charge in [0.1, 0.15) is 0 Å². The summed E-state index contributed by atoms with van der Waals surface area (Å²) in [5, 5.41) is 4.84. The van der Waals surface area contributed by atoms with Gasteiger partial charge in [0.2, 0.25) is 0 Å². The summed E-state index contributed by atoms with van der Waals surface area (Å²) in [6, 6.07) is 122. The van der Waals surface area contributed by atoms with Crippen molar-refractivity contribution >= 4 is 111 Å². The minimum Gasteiger partial charge on any atom is -0.311 e. The minimum atomic E-state index is -0.251. The van der Waals surface area contributed by atoms with Gasteiger partial charge in [0, 0.05) is 76.8 Å². The Bertz CT molecular complexity index is 5750. The molecule has 0 spiro atoms. The molecule has 3 aromatic heterocycles. The Morgan fingerprint density at radius 1 is 0.274 bits per heavy atom. The fraction of sp³-hybridized carbons (Fsp3) is 0. The zero-order valence-corrected chi connectivity index (χ0v) is 52.2. The minimum absolute atomic E-state index is 0.251. The summed E-state index contributed by atoms with van der Waals surface area (Å²) < 4.78 is 4.92. The van der Waals surface area contributed by atoms with Crippen LogP contribution in [0.1, 0.15) is 0 Å². The van der Waals surface area contributed by atoms with Gasteiger partial charge in [-0.2, -0.15) is 0 Å². The highest BCUT2D eigenvalue weighted by atomic mass is 32.1. The average Bonchev–Trinajstić information content (AvgIpc) is 1.63. The molecule has 0 atom stereocenters. The van der Waals surface area contributed by atoms with Gasteiger partial charge < -0.3 is 14.4 Å². The molecule has 0 aliphatic carbocycles. The standard InChI is InChI=1S/C87H55BN6S/c1-7-25-56(26-8-1)62-44-49-76(69(51-62)58-29-11-3-12-30-58)93-78-53-64(87-90-85(60-33-15-5-16-34-60)89-86(91-87)61-35-17-6-18-36-61)43-47-72(78)88-73-48-46-65(92-74-40-22-19-37-66(74)67-38-20-23-41-75(67)92)54-79(73)94(83-82(88)80(93)55-71-68-39-21-24-42-81(68)95-84(71)83)77-50-45-63(57-27-9-2-10-28-57)52-70(77)59-31-13-4-14-32-59/h1-55H. The van der Waals surface area contributed by atoms with E-state index in [0.29, 0.717) is 17.5 Å². The van der Waals surface area contributed by atoms with E-state index >= 15 is 0 Å². The lowest BCUT2D eigenvalue weighted by Gasteiger charge is -2.45. The Morgan fingerprint density at radius 3 is 1.23 bits per heavy atom. The Hall–Kier alpha value is -12.2. The van der Waals surface area contributed by atoms with E-state index < -0.39 is 0 Å². The number of benzene rings is 14. The molecule has 6 nitrogen and oxygen atoms in total. The van der Waals surface area contributed by atoms with E-state index in [2.05, 4.69) is 312 Å². The number of anilines is 6. The molecular formula is C87H55BN6S. The zero-order chi connectivity index (χ0) is 62.5. The van der Waals surface area contributed by atoms with E-state index in [-0.39, 0.29) is 6.71 Å². The summed E-state index contributed by atoms with van der Waals surface area (Å²) >= 11 is 1.89. The molecule has 0 saturated carbocycles. The lowest BCUT2D eigenvalue weighted by atomic mass is 9.33. The van der Waals surface area contributed by atoms with Gasteiger partial charge in [-0.1, -0.05) is 267 Å². The monoisotopic (exact) mass is 1230 g/mol. The van der Waals surface area contributed by atoms with Crippen LogP contribution in [0, 0.1) is 0 Å². The van der Waals surface area contributed by atoms with Crippen molar-refractivity contribution < 1.29 is 0 Å². The van der Waals surface area contributed by atoms with Crippen LogP contribution < -0.4 is 26.2 Å². The van der Waals surface area contributed by atoms with Crippen LogP contribution in [0.4, 0.5) is 34.1 Å². The van der Waals surface area contributed by atoms with Crippen LogP contribution in [0.25, 0.3) is 126 Å². The highest BCUT2D eigenvalue weighted by molar-refractivity contribution is 7.26. The summed E-state index contributed by atoms with van der Waals surface area (Å²) in [4.78, 5) is 21.2. The van der Waals surface area contributed by atoms with Gasteiger partial charge in [0.15, 0.2) is 17.5 Å². The molecule has 14 aromatic carbocycles. The highest BCUT2D eigenvalue weighted by Crippen LogP contribution is 2.54. The summed E-state index contributed by atoms with van der Waals surface area (Å²) in [6.45, 7) is -0.251. The molecule has 0 saturated heterocycles. The fourth-order valence-corrected chi connectivity index (χ4v) is 16.2. The quantitative estimate of drug-likeness (QED) is 0.128. The maximum Gasteiger partial charge on any atom is 0.252 e. The molecule has 442 valence electrons. The van der Waals surface area contributed by atoms with Crippen molar-refractivity contribution in [2.24, 2.45) is 0 Å². The van der Waals surface area contributed by atoms with Crippen LogP contribution in [-0.4, -0.2) is 26.2 Å². The topological polar surface area (TPSA) is 50.1 Å². The number of hydrogen-bond acceptors (Lipinski definition) is 6. The van der Waals surface area contributed by atoms with Crippen molar-refractivity contribution in [2.75, 3.05) is 9.80 Å². The first-order chi connectivity index (χ1) is 47.1. The molecule has 0 fully saturated rings. The third-order valence-corrected chi connectivity index (χ3v) is 20.4. The second-order valence-electron chi connectivity index (χ2n) is 24.6. The molecule has 0 unspecified atom stereocenters. The second kappa shape index (κ2) is 22.3. The van der Waals surface area contributed by atoms with E-state index in [1.807, 2.05) is 47.7 Å². The molecule has 0 radical (unpaired) electrons. The fourth-order valence-electron chi connectivity index (χ4n) is 14.9. The van der Waals surface area contributed by atoms with Crippen molar-refractivity contribution in [1.29, 1.82) is 0 Å². The number of rotatable bonds is 10. The van der Waals surface area contributed by atoms with Crippen molar-refractivity contribution in [1.82, 2.24) is 19.5 Å². The number of thiophene rings is 1. The SMILES string of the molecule is c1ccc(-c2ccc(N3c4cc(-c5nc(-c6ccccc6)nc(-c6ccccc6)n5)ccc4B4c5ccc(-n6c7ccccc7c7ccccc76)cc5N(c5ccc(-c6ccccc6)cc5-c5ccccc5)c5c4c3cc3c5sc4ccccc43)c(-c3ccccc3)c2)cc1. The van der Waals surface area contributed by atoms with Gasteiger partial charge >= 0.3 is 0 Å². The summed E-state index contributed by atoms with van der Waals surface area (Å²) in [5.41, 5.74) is 25.4. The van der Waals surface area contributed by atoms with Crippen LogP contribution >= 0.6 is 11.3 Å². The summed E-state index contributed by atoms with van der Waals surface area (Å²) in [7, 11) is 0. The van der Waals surface area contributed by atoms with Crippen molar-refractivity contribution in [2.45, 2.75) is 0 Å². The summed E-state index contributed by atoms with van der Waals surface area (Å²) in [5.74, 6) is 1.81. The average molecular weight is 1230 g/mol. The predicted molar refractivity (Wildman–Crippen MR) is 399 cm³/mol. The third kappa shape index (κ3) is 8.98. The van der Waals surface area contributed by atoms with E-state index in [0.717, 1.165) is 106 Å². The van der Waals surface area contributed by atoms with Crippen molar-refractivity contribution in [3.63, 3.8) is 0 Å². The van der Waals surface area contributed by atoms with Gasteiger partial charge in [-0.15, -0.1) is 11.3 Å². The Kier molecular flexibility index (Phi) is 12.8. The van der Waals surface area contributed by atoms with E-state index in [4.69, 9.17) is 15.0 Å². The molecule has 0 N–H and O–H groups in total. The van der Waals surface area contributed by atoms with E-state index in [1.165, 1.54) is 53.0 Å². The van der Waals surface area contributed by atoms with E-state index in [9.17, 15) is 0 Å². The first kappa shape index (κ1) is 54.5. The number of hydrogen-bond donors (Lipinski definition) is 0. The van der Waals surface area contributed by atoms with Crippen LogP contribution in [0.15, 0.2) is 334 Å². The molecule has 2 aliphatic heterocycles. The normalized spacial score (nSPS) is 12.4. The molecular weight excluding hydrogens is 1170 g/mol. The Morgan fingerprint density at radius 2 is 0.695 bits per heavy atom. The lowest BCUT2D eigenvalue weighted by molar-refractivity contribution is 1.07. The summed E-state index contributed by atoms with van der Waals surface area (Å²) in [6.07, 6.45) is 0. The molecule has 19 rings (SSSR count). The van der Waals surface area contributed by atoms with Crippen LogP contribution in [0.5, 0.6) is 0 Å². The lowest BCUT2D eigenvalue weighted by Crippen LogP contribution is -2.61. The molecule has 95 heavy (non-hydrogen) atoms. The number of para-hydroxylation sites is 2. The third-order valence-electron chi connectivity index (χ3n) is 19.2. The van der Waals surface area contributed by atoms with Crippen molar-refractivity contribution in [3.05, 3.63) is 334 Å². The second-order valence-corrected chi connectivity index (χ2v) is 25.6. The molecule has 2 aliphatic rings. The van der Waals surface area contributed by atoms with Crippen LogP contribution in [0.2, 0.25) is 0 Å². The molecule has 0 amide bonds. The number of fused-ring (bicyclic) bond motifs is 11. The van der Waals surface area contributed by atoms with Gasteiger partial charge in [-0.25, -0.2) is 15.0 Å². The largest absolute Gasteiger partial charge is 0.311 e. The Labute approximate surface area is 554 Å². The number of nitrogens with zero attached hydrogens (tertiary/aromatic N) is 6. The Balaban J connectivity index is 0.955. The highest BCUT2D eigenvalue weighted by Gasteiger charge is 2.46. The predicted octanol–water partition coefficient (Wildman–Crippen LogP) is 21.1. The van der Waals surface area contributed by atoms with Gasteiger partial charge in [-0.05, 0) is 116 Å². The smallest absolute Gasteiger partial charge is 0.252 e. The maximum atomic E-state index is 5.40. The maximum absolute atomic E-state index is 5.40. The molecule has 5 heterocycles. The van der Waals surface area contributed by atoms with Crippen molar-refractivity contribution in [3.8, 4) is 84.4 Å².